The van der Waals surface area contributed by atoms with Gasteiger partial charge in [0, 0.05) is 13.0 Å². The summed E-state index contributed by atoms with van der Waals surface area (Å²) in [5.74, 6) is 1.66. The van der Waals surface area contributed by atoms with Crippen LogP contribution in [0.5, 0.6) is 0 Å². The summed E-state index contributed by atoms with van der Waals surface area (Å²) in [5.41, 5.74) is 1.38. The summed E-state index contributed by atoms with van der Waals surface area (Å²) < 4.78 is 5.59. The van der Waals surface area contributed by atoms with Crippen molar-refractivity contribution < 1.29 is 4.52 Å². The van der Waals surface area contributed by atoms with Gasteiger partial charge in [-0.05, 0) is 31.4 Å². The lowest BCUT2D eigenvalue weighted by Crippen LogP contribution is -2.29. The van der Waals surface area contributed by atoms with Crippen LogP contribution in [0.25, 0.3) is 0 Å². The van der Waals surface area contributed by atoms with E-state index in [-0.39, 0.29) is 5.41 Å². The highest BCUT2D eigenvalue weighted by atomic mass is 16.5. The van der Waals surface area contributed by atoms with Gasteiger partial charge in [0.15, 0.2) is 5.82 Å². The molecule has 1 atom stereocenters. The third-order valence-electron chi connectivity index (χ3n) is 4.37. The van der Waals surface area contributed by atoms with E-state index in [2.05, 4.69) is 46.6 Å². The Kier molecular flexibility index (Phi) is 4.34. The lowest BCUT2D eigenvalue weighted by atomic mass is 9.82. The van der Waals surface area contributed by atoms with E-state index in [1.165, 1.54) is 5.56 Å². The van der Waals surface area contributed by atoms with Gasteiger partial charge < -0.3 is 9.84 Å². The van der Waals surface area contributed by atoms with Crippen LogP contribution in [0.4, 0.5) is 0 Å². The number of rotatable bonds is 6. The van der Waals surface area contributed by atoms with Crippen LogP contribution in [-0.2, 0) is 18.3 Å². The fourth-order valence-corrected chi connectivity index (χ4v) is 3.20. The first-order chi connectivity index (χ1) is 10.3. The average Bonchev–Trinajstić information content (AvgIpc) is 3.16. The molecule has 1 aromatic carbocycles. The van der Waals surface area contributed by atoms with Crippen molar-refractivity contribution in [3.05, 3.63) is 47.6 Å². The molecule has 1 aliphatic rings. The first-order valence-corrected chi connectivity index (χ1v) is 7.90. The summed E-state index contributed by atoms with van der Waals surface area (Å²) in [6, 6.07) is 10.5. The third-order valence-corrected chi connectivity index (χ3v) is 4.37. The SMILES string of the molecule is CCCC1(c2nc(CCc3ccccc3)no2)CCNC1. The first kappa shape index (κ1) is 14.3. The zero-order chi connectivity index (χ0) is 14.5. The summed E-state index contributed by atoms with van der Waals surface area (Å²) in [6.45, 7) is 4.22. The topological polar surface area (TPSA) is 51.0 Å². The lowest BCUT2D eigenvalue weighted by molar-refractivity contribution is 0.276. The number of nitrogens with zero attached hydrogens (tertiary/aromatic N) is 2. The summed E-state index contributed by atoms with van der Waals surface area (Å²) in [5, 5.41) is 7.63. The highest BCUT2D eigenvalue weighted by Crippen LogP contribution is 2.34. The number of nitrogens with one attached hydrogen (secondary N) is 1. The van der Waals surface area contributed by atoms with Crippen LogP contribution in [-0.4, -0.2) is 23.2 Å². The molecule has 0 radical (unpaired) electrons. The molecule has 1 aliphatic heterocycles. The minimum absolute atomic E-state index is 0.0622. The molecule has 1 saturated heterocycles. The van der Waals surface area contributed by atoms with E-state index in [9.17, 15) is 0 Å². The van der Waals surface area contributed by atoms with Crippen molar-refractivity contribution in [2.75, 3.05) is 13.1 Å². The number of hydrogen-bond acceptors (Lipinski definition) is 4. The first-order valence-electron chi connectivity index (χ1n) is 7.90. The molecular weight excluding hydrogens is 262 g/mol. The number of aryl methyl sites for hydroxylation is 2. The maximum Gasteiger partial charge on any atom is 0.234 e. The Labute approximate surface area is 126 Å². The van der Waals surface area contributed by atoms with E-state index in [1.54, 1.807) is 0 Å². The van der Waals surface area contributed by atoms with Crippen molar-refractivity contribution in [1.82, 2.24) is 15.5 Å². The van der Waals surface area contributed by atoms with Gasteiger partial charge in [-0.25, -0.2) is 0 Å². The van der Waals surface area contributed by atoms with Crippen molar-refractivity contribution >= 4 is 0 Å². The number of aromatic nitrogens is 2. The van der Waals surface area contributed by atoms with Crippen LogP contribution in [0.15, 0.2) is 34.9 Å². The molecule has 4 nitrogen and oxygen atoms in total. The molecule has 2 aromatic rings. The van der Waals surface area contributed by atoms with Gasteiger partial charge in [-0.1, -0.05) is 48.8 Å². The summed E-state index contributed by atoms with van der Waals surface area (Å²) in [4.78, 5) is 4.68. The van der Waals surface area contributed by atoms with Crippen LogP contribution < -0.4 is 5.32 Å². The molecule has 0 aliphatic carbocycles. The molecule has 112 valence electrons. The largest absolute Gasteiger partial charge is 0.339 e. The zero-order valence-electron chi connectivity index (χ0n) is 12.6. The van der Waals surface area contributed by atoms with Crippen molar-refractivity contribution in [3.8, 4) is 0 Å². The van der Waals surface area contributed by atoms with Gasteiger partial charge in [-0.2, -0.15) is 4.98 Å². The highest BCUT2D eigenvalue weighted by molar-refractivity contribution is 5.16. The monoisotopic (exact) mass is 285 g/mol. The van der Waals surface area contributed by atoms with E-state index in [4.69, 9.17) is 4.52 Å². The van der Waals surface area contributed by atoms with Crippen LogP contribution in [0.2, 0.25) is 0 Å². The summed E-state index contributed by atoms with van der Waals surface area (Å²) in [7, 11) is 0. The molecule has 0 saturated carbocycles. The maximum atomic E-state index is 5.59. The zero-order valence-corrected chi connectivity index (χ0v) is 12.6. The average molecular weight is 285 g/mol. The fraction of sp³-hybridized carbons (Fsp3) is 0.529. The van der Waals surface area contributed by atoms with E-state index in [0.29, 0.717) is 0 Å². The molecule has 4 heteroatoms. The maximum absolute atomic E-state index is 5.59. The predicted octanol–water partition coefficient (Wildman–Crippen LogP) is 2.89. The molecule has 1 unspecified atom stereocenters. The van der Waals surface area contributed by atoms with Crippen molar-refractivity contribution in [1.29, 1.82) is 0 Å². The molecule has 0 amide bonds. The van der Waals surface area contributed by atoms with Gasteiger partial charge in [0.05, 0.1) is 5.41 Å². The normalized spacial score (nSPS) is 21.8. The molecular formula is C17H23N3O. The fourth-order valence-electron chi connectivity index (χ4n) is 3.20. The van der Waals surface area contributed by atoms with E-state index in [1.807, 2.05) is 6.07 Å². The molecule has 1 fully saturated rings. The summed E-state index contributed by atoms with van der Waals surface area (Å²) in [6.07, 6.45) is 5.15. The Morgan fingerprint density at radius 1 is 1.24 bits per heavy atom. The van der Waals surface area contributed by atoms with Gasteiger partial charge in [-0.15, -0.1) is 0 Å². The Balaban J connectivity index is 1.68. The molecule has 0 spiro atoms. The second-order valence-electron chi connectivity index (χ2n) is 5.96. The van der Waals surface area contributed by atoms with Gasteiger partial charge in [0.1, 0.15) is 0 Å². The number of benzene rings is 1. The van der Waals surface area contributed by atoms with Gasteiger partial charge >= 0.3 is 0 Å². The van der Waals surface area contributed by atoms with Gasteiger partial charge in [0.25, 0.3) is 0 Å². The van der Waals surface area contributed by atoms with Gasteiger partial charge in [-0.3, -0.25) is 0 Å². The van der Waals surface area contributed by atoms with E-state index in [0.717, 1.165) is 56.9 Å². The van der Waals surface area contributed by atoms with Crippen LogP contribution in [0.1, 0.15) is 43.5 Å². The van der Waals surface area contributed by atoms with E-state index >= 15 is 0 Å². The van der Waals surface area contributed by atoms with Gasteiger partial charge in [0.2, 0.25) is 5.89 Å². The van der Waals surface area contributed by atoms with E-state index < -0.39 is 0 Å². The Hall–Kier alpha value is -1.68. The highest BCUT2D eigenvalue weighted by Gasteiger charge is 2.39. The minimum atomic E-state index is 0.0622. The molecule has 3 rings (SSSR count). The molecule has 1 aromatic heterocycles. The van der Waals surface area contributed by atoms with Crippen molar-refractivity contribution in [2.45, 2.75) is 44.4 Å². The number of hydrogen-bond donors (Lipinski definition) is 1. The van der Waals surface area contributed by atoms with Crippen LogP contribution in [0, 0.1) is 0 Å². The second kappa shape index (κ2) is 6.39. The third kappa shape index (κ3) is 3.16. The quantitative estimate of drug-likeness (QED) is 0.886. The second-order valence-corrected chi connectivity index (χ2v) is 5.96. The predicted molar refractivity (Wildman–Crippen MR) is 82.2 cm³/mol. The Bertz CT molecular complexity index is 558. The molecule has 21 heavy (non-hydrogen) atoms. The Morgan fingerprint density at radius 2 is 2.10 bits per heavy atom. The summed E-state index contributed by atoms with van der Waals surface area (Å²) >= 11 is 0. The molecule has 2 heterocycles. The van der Waals surface area contributed by atoms with Crippen molar-refractivity contribution in [2.24, 2.45) is 0 Å². The lowest BCUT2D eigenvalue weighted by Gasteiger charge is -2.22. The smallest absolute Gasteiger partial charge is 0.234 e. The minimum Gasteiger partial charge on any atom is -0.339 e. The standard InChI is InChI=1S/C17H23N3O/c1-2-10-17(11-12-18-13-17)16-19-15(20-21-16)9-8-14-6-4-3-5-7-14/h3-7,18H,2,8-13H2,1H3. The van der Waals surface area contributed by atoms with Crippen LogP contribution in [0.3, 0.4) is 0 Å². The van der Waals surface area contributed by atoms with Crippen LogP contribution >= 0.6 is 0 Å². The molecule has 1 N–H and O–H groups in total. The van der Waals surface area contributed by atoms with Crippen molar-refractivity contribution in [3.63, 3.8) is 0 Å². The molecule has 0 bridgehead atoms. The Morgan fingerprint density at radius 3 is 2.81 bits per heavy atom.